The number of hydrogen-bond acceptors (Lipinski definition) is 4. The number of halogens is 2. The minimum Gasteiger partial charge on any atom is -0.290 e. The highest BCUT2D eigenvalue weighted by atomic mass is 35.5. The van der Waals surface area contributed by atoms with Gasteiger partial charge in [0.1, 0.15) is 10.8 Å². The first kappa shape index (κ1) is 14.8. The van der Waals surface area contributed by atoms with Crippen molar-refractivity contribution in [3.8, 4) is 0 Å². The van der Waals surface area contributed by atoms with Gasteiger partial charge < -0.3 is 0 Å². The summed E-state index contributed by atoms with van der Waals surface area (Å²) in [6.45, 7) is 0. The maximum atomic E-state index is 13.7. The van der Waals surface area contributed by atoms with Crippen molar-refractivity contribution in [2.75, 3.05) is 0 Å². The summed E-state index contributed by atoms with van der Waals surface area (Å²) in [5.74, 6) is 4.51. The van der Waals surface area contributed by atoms with Crippen LogP contribution in [0.2, 0.25) is 5.02 Å². The number of pyridine rings is 1. The van der Waals surface area contributed by atoms with Gasteiger partial charge in [0.05, 0.1) is 5.02 Å². The predicted molar refractivity (Wildman–Crippen MR) is 76.9 cm³/mol. The number of carbonyl (C=O) groups is 1. The number of nitrogens with one attached hydrogen (secondary N) is 1. The van der Waals surface area contributed by atoms with E-state index in [1.807, 2.05) is 5.43 Å². The number of nitrogens with two attached hydrogens (primary N) is 1. The number of nitrogens with zero attached hydrogens (tertiary/aromatic N) is 1. The van der Waals surface area contributed by atoms with Crippen molar-refractivity contribution < 1.29 is 9.18 Å². The summed E-state index contributed by atoms with van der Waals surface area (Å²) in [5.41, 5.74) is 2.70. The Morgan fingerprint density at radius 3 is 2.95 bits per heavy atom. The molecule has 0 atom stereocenters. The molecular weight excluding hydrogens is 301 g/mol. The van der Waals surface area contributed by atoms with Gasteiger partial charge >= 0.3 is 0 Å². The quantitative estimate of drug-likeness (QED) is 0.394. The Morgan fingerprint density at radius 1 is 1.45 bits per heavy atom. The molecule has 7 heteroatoms. The third kappa shape index (κ3) is 3.47. The van der Waals surface area contributed by atoms with Crippen molar-refractivity contribution in [2.24, 2.45) is 5.84 Å². The minimum absolute atomic E-state index is 0.302. The molecule has 0 saturated heterocycles. The van der Waals surface area contributed by atoms with E-state index in [2.05, 4.69) is 4.98 Å². The number of benzene rings is 1. The lowest BCUT2D eigenvalue weighted by atomic mass is 10.1. The van der Waals surface area contributed by atoms with Crippen LogP contribution < -0.4 is 11.3 Å². The van der Waals surface area contributed by atoms with Crippen LogP contribution in [-0.4, -0.2) is 10.9 Å². The molecule has 0 spiro atoms. The van der Waals surface area contributed by atoms with E-state index in [9.17, 15) is 9.18 Å². The fraction of sp³-hybridized carbons (Fsp3) is 0.0769. The first-order chi connectivity index (χ1) is 9.61. The molecule has 3 N–H and O–H groups in total. The normalized spacial score (nSPS) is 10.3. The van der Waals surface area contributed by atoms with Gasteiger partial charge in [-0.3, -0.25) is 10.2 Å². The predicted octanol–water partition coefficient (Wildman–Crippen LogP) is 2.77. The number of aromatic nitrogens is 1. The smallest absolute Gasteiger partial charge is 0.265 e. The molecule has 1 amide bonds. The second-order valence-electron chi connectivity index (χ2n) is 3.86. The molecule has 0 fully saturated rings. The number of nitrogen functional groups attached to an aromatic ring is 1. The van der Waals surface area contributed by atoms with Gasteiger partial charge in [0.2, 0.25) is 0 Å². The molecule has 1 heterocycles. The second-order valence-corrected chi connectivity index (χ2v) is 5.23. The summed E-state index contributed by atoms with van der Waals surface area (Å²) in [7, 11) is 0. The molecule has 0 unspecified atom stereocenters. The van der Waals surface area contributed by atoms with Crippen LogP contribution >= 0.6 is 23.4 Å². The van der Waals surface area contributed by atoms with Crippen LogP contribution in [-0.2, 0) is 5.75 Å². The highest BCUT2D eigenvalue weighted by Gasteiger charge is 2.10. The Bertz CT molecular complexity index is 639. The van der Waals surface area contributed by atoms with Crippen molar-refractivity contribution in [1.82, 2.24) is 10.4 Å². The van der Waals surface area contributed by atoms with Crippen LogP contribution in [0.5, 0.6) is 0 Å². The summed E-state index contributed by atoms with van der Waals surface area (Å²) in [6, 6.07) is 7.51. The number of amides is 1. The van der Waals surface area contributed by atoms with E-state index in [1.54, 1.807) is 18.3 Å². The summed E-state index contributed by atoms with van der Waals surface area (Å²) >= 11 is 7.27. The highest BCUT2D eigenvalue weighted by molar-refractivity contribution is 7.98. The zero-order valence-electron chi connectivity index (χ0n) is 10.3. The van der Waals surface area contributed by atoms with E-state index in [0.717, 1.165) is 0 Å². The molecule has 1 aromatic carbocycles. The summed E-state index contributed by atoms with van der Waals surface area (Å²) in [5, 5.41) is 1.12. The maximum Gasteiger partial charge on any atom is 0.265 e. The fourth-order valence-corrected chi connectivity index (χ4v) is 2.67. The van der Waals surface area contributed by atoms with Crippen molar-refractivity contribution in [1.29, 1.82) is 0 Å². The lowest BCUT2D eigenvalue weighted by molar-refractivity contribution is 0.0953. The van der Waals surface area contributed by atoms with Crippen molar-refractivity contribution in [3.63, 3.8) is 0 Å². The van der Waals surface area contributed by atoms with E-state index >= 15 is 0 Å². The molecular formula is C13H11ClFN3OS. The van der Waals surface area contributed by atoms with Gasteiger partial charge in [-0.15, -0.1) is 11.8 Å². The largest absolute Gasteiger partial charge is 0.290 e. The SMILES string of the molecule is NNC(=O)c1ccc(F)c(CSc2ncccc2Cl)c1. The third-order valence-electron chi connectivity index (χ3n) is 2.53. The lowest BCUT2D eigenvalue weighted by Gasteiger charge is -2.06. The third-order valence-corrected chi connectivity index (χ3v) is 4.00. The number of hydrazine groups is 1. The Kier molecular flexibility index (Phi) is 4.94. The minimum atomic E-state index is -0.466. The molecule has 2 aromatic rings. The first-order valence-corrected chi connectivity index (χ1v) is 7.01. The van der Waals surface area contributed by atoms with Crippen LogP contribution in [0, 0.1) is 5.82 Å². The average molecular weight is 312 g/mol. The zero-order valence-corrected chi connectivity index (χ0v) is 11.8. The molecule has 0 aliphatic carbocycles. The van der Waals surface area contributed by atoms with Crippen LogP contribution in [0.1, 0.15) is 15.9 Å². The molecule has 104 valence electrons. The van der Waals surface area contributed by atoms with Gasteiger partial charge in [-0.05, 0) is 35.9 Å². The van der Waals surface area contributed by atoms with Gasteiger partial charge in [-0.2, -0.15) is 0 Å². The van der Waals surface area contributed by atoms with E-state index < -0.39 is 11.7 Å². The van der Waals surface area contributed by atoms with Gasteiger partial charge in [-0.25, -0.2) is 15.2 Å². The molecule has 20 heavy (non-hydrogen) atoms. The van der Waals surface area contributed by atoms with Crippen molar-refractivity contribution in [2.45, 2.75) is 10.8 Å². The first-order valence-electron chi connectivity index (χ1n) is 5.64. The van der Waals surface area contributed by atoms with Gasteiger partial charge in [0.25, 0.3) is 5.91 Å². The average Bonchev–Trinajstić information content (AvgIpc) is 2.47. The Labute approximate surface area is 124 Å². The van der Waals surface area contributed by atoms with Crippen molar-refractivity contribution >= 4 is 29.3 Å². The standard InChI is InChI=1S/C13H11ClFN3OS/c14-10-2-1-5-17-13(10)20-7-9-6-8(12(19)18-16)3-4-11(9)15/h1-6H,7,16H2,(H,18,19). The van der Waals surface area contributed by atoms with Crippen molar-refractivity contribution in [3.05, 3.63) is 58.5 Å². The topological polar surface area (TPSA) is 68.0 Å². The van der Waals surface area contributed by atoms with Gasteiger partial charge in [0, 0.05) is 17.5 Å². The molecule has 0 radical (unpaired) electrons. The number of thioether (sulfide) groups is 1. The molecule has 4 nitrogen and oxygen atoms in total. The molecule has 0 saturated carbocycles. The molecule has 1 aromatic heterocycles. The van der Waals surface area contributed by atoms with Crippen LogP contribution in [0.25, 0.3) is 0 Å². The van der Waals surface area contributed by atoms with E-state index in [0.29, 0.717) is 26.9 Å². The monoisotopic (exact) mass is 311 g/mol. The number of rotatable bonds is 4. The maximum absolute atomic E-state index is 13.7. The fourth-order valence-electron chi connectivity index (χ4n) is 1.53. The van der Waals surface area contributed by atoms with E-state index in [4.69, 9.17) is 17.4 Å². The zero-order chi connectivity index (χ0) is 14.5. The molecule has 0 bridgehead atoms. The second kappa shape index (κ2) is 6.69. The van der Waals surface area contributed by atoms with E-state index in [1.165, 1.54) is 30.0 Å². The molecule has 2 rings (SSSR count). The van der Waals surface area contributed by atoms with Gasteiger partial charge in [-0.1, -0.05) is 11.6 Å². The van der Waals surface area contributed by atoms with Crippen LogP contribution in [0.15, 0.2) is 41.6 Å². The summed E-state index contributed by atoms with van der Waals surface area (Å²) < 4.78 is 13.7. The summed E-state index contributed by atoms with van der Waals surface area (Å²) in [4.78, 5) is 15.5. The highest BCUT2D eigenvalue weighted by Crippen LogP contribution is 2.28. The van der Waals surface area contributed by atoms with Gasteiger partial charge in [0.15, 0.2) is 0 Å². The summed E-state index contributed by atoms with van der Waals surface area (Å²) in [6.07, 6.45) is 1.61. The van der Waals surface area contributed by atoms with Crippen LogP contribution in [0.4, 0.5) is 4.39 Å². The Balaban J connectivity index is 2.17. The van der Waals surface area contributed by atoms with E-state index in [-0.39, 0.29) is 0 Å². The molecule has 0 aliphatic rings. The number of carbonyl (C=O) groups excluding carboxylic acids is 1. The lowest BCUT2D eigenvalue weighted by Crippen LogP contribution is -2.30. The Morgan fingerprint density at radius 2 is 2.25 bits per heavy atom. The Hall–Kier alpha value is -1.63. The number of hydrogen-bond donors (Lipinski definition) is 2. The van der Waals surface area contributed by atoms with Crippen LogP contribution in [0.3, 0.4) is 0 Å². The molecule has 0 aliphatic heterocycles.